The molecule has 1 unspecified atom stereocenters. The molecule has 0 saturated carbocycles. The maximum Gasteiger partial charge on any atom is 0.143 e. The Balaban J connectivity index is 1.31. The van der Waals surface area contributed by atoms with E-state index in [0.29, 0.717) is 11.1 Å². The minimum Gasteiger partial charge on any atom is -0.455 e. The van der Waals surface area contributed by atoms with E-state index in [0.717, 1.165) is 66.4 Å². The minimum absolute atomic E-state index is 0.0191. The second-order valence-electron chi connectivity index (χ2n) is 11.3. The summed E-state index contributed by atoms with van der Waals surface area (Å²) in [5, 5.41) is 2.15. The van der Waals surface area contributed by atoms with Gasteiger partial charge in [-0.15, -0.1) is 0 Å². The standard InChI is InChI=1S/C43H28O/c1-2-11-29(12-3-1)30-21-25-32(26-22-30)43(39-18-7-4-13-35(39)36-14-5-8-19-40(36)43)33-27-23-31(24-28-33)34-16-10-17-38-37-15-6-9-20-41(37)44-42(34)38/h1-28H/i4D,7D,13D,18D. The van der Waals surface area contributed by atoms with Gasteiger partial charge in [-0.3, -0.25) is 0 Å². The van der Waals surface area contributed by atoms with Crippen LogP contribution in [0.5, 0.6) is 0 Å². The van der Waals surface area contributed by atoms with E-state index in [4.69, 9.17) is 8.53 Å². The van der Waals surface area contributed by atoms with Gasteiger partial charge >= 0.3 is 0 Å². The van der Waals surface area contributed by atoms with E-state index in [2.05, 4.69) is 91.0 Å². The second-order valence-corrected chi connectivity index (χ2v) is 11.3. The lowest BCUT2D eigenvalue weighted by Crippen LogP contribution is -2.28. The van der Waals surface area contributed by atoms with Crippen molar-refractivity contribution in [2.75, 3.05) is 0 Å². The van der Waals surface area contributed by atoms with E-state index < -0.39 is 5.41 Å². The summed E-state index contributed by atoms with van der Waals surface area (Å²) in [5.74, 6) is 0. The van der Waals surface area contributed by atoms with Gasteiger partial charge in [0, 0.05) is 16.3 Å². The third-order valence-electron chi connectivity index (χ3n) is 9.12. The van der Waals surface area contributed by atoms with Crippen molar-refractivity contribution >= 4 is 21.9 Å². The number of hydrogen-bond donors (Lipinski definition) is 0. The summed E-state index contributed by atoms with van der Waals surface area (Å²) in [6, 6.07) is 48.9. The van der Waals surface area contributed by atoms with Crippen molar-refractivity contribution in [3.05, 3.63) is 192 Å². The molecule has 0 saturated heterocycles. The average Bonchev–Trinajstić information content (AvgIpc) is 3.68. The Bertz CT molecular complexity index is 2530. The zero-order valence-electron chi connectivity index (χ0n) is 27.8. The van der Waals surface area contributed by atoms with Gasteiger partial charge in [0.1, 0.15) is 11.2 Å². The molecular formula is C43H28O. The van der Waals surface area contributed by atoms with Crippen LogP contribution in [0.25, 0.3) is 55.3 Å². The number of rotatable bonds is 4. The zero-order valence-corrected chi connectivity index (χ0v) is 23.8. The van der Waals surface area contributed by atoms with Gasteiger partial charge in [0.05, 0.1) is 10.9 Å². The van der Waals surface area contributed by atoms with Gasteiger partial charge in [0.2, 0.25) is 0 Å². The molecule has 1 aliphatic carbocycles. The summed E-state index contributed by atoms with van der Waals surface area (Å²) >= 11 is 0. The highest BCUT2D eigenvalue weighted by Crippen LogP contribution is 2.56. The quantitative estimate of drug-likeness (QED) is 0.207. The summed E-state index contributed by atoms with van der Waals surface area (Å²) < 4.78 is 42.1. The Morgan fingerprint density at radius 1 is 0.432 bits per heavy atom. The third-order valence-corrected chi connectivity index (χ3v) is 9.12. The maximum absolute atomic E-state index is 9.34. The fraction of sp³-hybridized carbons (Fsp3) is 0.0233. The van der Waals surface area contributed by atoms with Gasteiger partial charge < -0.3 is 4.42 Å². The summed E-state index contributed by atoms with van der Waals surface area (Å²) in [4.78, 5) is 0. The lowest BCUT2D eigenvalue weighted by atomic mass is 9.67. The van der Waals surface area contributed by atoms with Crippen molar-refractivity contribution in [2.24, 2.45) is 0 Å². The summed E-state index contributed by atoms with van der Waals surface area (Å²) in [6.45, 7) is 0. The fourth-order valence-corrected chi connectivity index (χ4v) is 7.14. The Hall–Kier alpha value is -5.66. The Morgan fingerprint density at radius 2 is 1.05 bits per heavy atom. The Kier molecular flexibility index (Phi) is 4.65. The molecule has 7 aromatic carbocycles. The van der Waals surface area contributed by atoms with E-state index in [9.17, 15) is 1.37 Å². The van der Waals surface area contributed by atoms with Gasteiger partial charge in [0.25, 0.3) is 0 Å². The van der Waals surface area contributed by atoms with Crippen LogP contribution in [0.2, 0.25) is 0 Å². The first-order chi connectivity index (χ1) is 23.5. The molecule has 0 aliphatic heterocycles. The van der Waals surface area contributed by atoms with Crippen LogP contribution in [0, 0.1) is 0 Å². The first-order valence-electron chi connectivity index (χ1n) is 16.9. The van der Waals surface area contributed by atoms with Gasteiger partial charge in [-0.2, -0.15) is 0 Å². The van der Waals surface area contributed by atoms with Crippen molar-refractivity contribution in [1.29, 1.82) is 0 Å². The van der Waals surface area contributed by atoms with E-state index in [1.54, 1.807) is 0 Å². The number of hydrogen-bond acceptors (Lipinski definition) is 1. The molecule has 0 bridgehead atoms. The van der Waals surface area contributed by atoms with Crippen LogP contribution in [0.3, 0.4) is 0 Å². The van der Waals surface area contributed by atoms with Crippen molar-refractivity contribution in [3.8, 4) is 33.4 Å². The van der Waals surface area contributed by atoms with E-state index in [1.807, 2.05) is 54.6 Å². The summed E-state index contributed by atoms with van der Waals surface area (Å²) in [5.41, 5.74) is 9.63. The number of para-hydroxylation sites is 2. The molecule has 1 atom stereocenters. The van der Waals surface area contributed by atoms with E-state index in [-0.39, 0.29) is 24.2 Å². The SMILES string of the molecule is [2H]c1c([2H])c([2H])c2c(c1[2H])-c1ccccc1C2(c1ccc(-c2ccccc2)cc1)c1ccc(-c2cccc3c2oc2ccccc23)cc1. The average molecular weight is 565 g/mol. The molecule has 0 N–H and O–H groups in total. The van der Waals surface area contributed by atoms with E-state index >= 15 is 0 Å². The molecule has 1 heterocycles. The fourth-order valence-electron chi connectivity index (χ4n) is 7.14. The molecular weight excluding hydrogens is 532 g/mol. The molecule has 1 heteroatoms. The van der Waals surface area contributed by atoms with Crippen LogP contribution < -0.4 is 0 Å². The van der Waals surface area contributed by atoms with Crippen LogP contribution in [0.1, 0.15) is 27.7 Å². The second kappa shape index (κ2) is 9.69. The van der Waals surface area contributed by atoms with Crippen LogP contribution >= 0.6 is 0 Å². The van der Waals surface area contributed by atoms with Crippen molar-refractivity contribution in [3.63, 3.8) is 0 Å². The minimum atomic E-state index is -0.985. The summed E-state index contributed by atoms with van der Waals surface area (Å²) in [6.07, 6.45) is 0. The Morgan fingerprint density at radius 3 is 1.86 bits per heavy atom. The van der Waals surface area contributed by atoms with Gasteiger partial charge in [-0.25, -0.2) is 0 Å². The first-order valence-corrected chi connectivity index (χ1v) is 14.9. The van der Waals surface area contributed by atoms with E-state index in [1.165, 1.54) is 0 Å². The predicted molar refractivity (Wildman–Crippen MR) is 182 cm³/mol. The smallest absolute Gasteiger partial charge is 0.143 e. The number of benzene rings is 7. The van der Waals surface area contributed by atoms with Gasteiger partial charge in [-0.05, 0) is 56.1 Å². The molecule has 0 radical (unpaired) electrons. The number of furan rings is 1. The molecule has 44 heavy (non-hydrogen) atoms. The molecule has 0 spiro atoms. The number of fused-ring (bicyclic) bond motifs is 6. The highest BCUT2D eigenvalue weighted by molar-refractivity contribution is 6.09. The molecule has 1 nitrogen and oxygen atoms in total. The third kappa shape index (κ3) is 3.53. The molecule has 1 aromatic heterocycles. The zero-order chi connectivity index (χ0) is 32.6. The molecule has 9 rings (SSSR count). The van der Waals surface area contributed by atoms with Crippen LogP contribution in [-0.4, -0.2) is 0 Å². The molecule has 206 valence electrons. The van der Waals surface area contributed by atoms with Crippen molar-refractivity contribution < 1.29 is 9.90 Å². The van der Waals surface area contributed by atoms with Crippen LogP contribution in [-0.2, 0) is 5.41 Å². The molecule has 1 aliphatic rings. The van der Waals surface area contributed by atoms with Crippen LogP contribution in [0.15, 0.2) is 174 Å². The topological polar surface area (TPSA) is 13.1 Å². The lowest BCUT2D eigenvalue weighted by Gasteiger charge is -2.34. The monoisotopic (exact) mass is 564 g/mol. The Labute approximate surface area is 262 Å². The first kappa shape index (κ1) is 21.1. The highest BCUT2D eigenvalue weighted by Gasteiger charge is 2.45. The summed E-state index contributed by atoms with van der Waals surface area (Å²) in [7, 11) is 0. The largest absolute Gasteiger partial charge is 0.455 e. The molecule has 0 amide bonds. The van der Waals surface area contributed by atoms with Gasteiger partial charge in [0.15, 0.2) is 0 Å². The molecule has 8 aromatic rings. The normalized spacial score (nSPS) is 16.6. The lowest BCUT2D eigenvalue weighted by molar-refractivity contribution is 0.670. The predicted octanol–water partition coefficient (Wildman–Crippen LogP) is 11.3. The molecule has 0 fully saturated rings. The van der Waals surface area contributed by atoms with Crippen LogP contribution in [0.4, 0.5) is 0 Å². The van der Waals surface area contributed by atoms with Crippen molar-refractivity contribution in [1.82, 2.24) is 0 Å². The maximum atomic E-state index is 9.34. The van der Waals surface area contributed by atoms with Gasteiger partial charge in [-0.1, -0.05) is 164 Å². The highest BCUT2D eigenvalue weighted by atomic mass is 16.3. The van der Waals surface area contributed by atoms with Crippen molar-refractivity contribution in [2.45, 2.75) is 5.41 Å².